The molecule has 6 heteroatoms. The zero-order valence-corrected chi connectivity index (χ0v) is 16.2. The predicted molar refractivity (Wildman–Crippen MR) is 108 cm³/mol. The van der Waals surface area contributed by atoms with Gasteiger partial charge in [-0.05, 0) is 22.8 Å². The van der Waals surface area contributed by atoms with Crippen molar-refractivity contribution in [3.8, 4) is 5.75 Å². The summed E-state index contributed by atoms with van der Waals surface area (Å²) in [6, 6.07) is 14.6. The number of halogens is 1. The molecule has 0 amide bonds. The van der Waals surface area contributed by atoms with Crippen molar-refractivity contribution >= 4 is 29.9 Å². The lowest BCUT2D eigenvalue weighted by atomic mass is 10.0. The summed E-state index contributed by atoms with van der Waals surface area (Å²) in [7, 11) is 0. The van der Waals surface area contributed by atoms with Crippen molar-refractivity contribution in [3.05, 3.63) is 64.7 Å². The molecule has 2 heterocycles. The van der Waals surface area contributed by atoms with Gasteiger partial charge in [0.25, 0.3) is 0 Å². The first-order chi connectivity index (χ1) is 11.8. The van der Waals surface area contributed by atoms with Crippen molar-refractivity contribution in [2.24, 2.45) is 10.7 Å². The van der Waals surface area contributed by atoms with E-state index in [1.165, 1.54) is 11.1 Å². The first-order valence-corrected chi connectivity index (χ1v) is 8.26. The highest BCUT2D eigenvalue weighted by atomic mass is 127. The van der Waals surface area contributed by atoms with Gasteiger partial charge < -0.3 is 20.5 Å². The number of rotatable bonds is 3. The Hall–Kier alpha value is -1.80. The van der Waals surface area contributed by atoms with E-state index in [9.17, 15) is 0 Å². The van der Waals surface area contributed by atoms with Gasteiger partial charge in [0.05, 0.1) is 32.4 Å². The molecule has 2 aliphatic rings. The molecule has 1 unspecified atom stereocenters. The standard InChI is InChI=1S/C19H21N3O2.HI/c20-19(21-10-13-5-6-14-11-23-12-15(14)9-13)22-17-7-8-24-18-4-2-1-3-16(17)18;/h1-6,9,17H,7-8,10-12H2,(H3,20,21,22);1H. The third-order valence-electron chi connectivity index (χ3n) is 4.50. The number of benzene rings is 2. The molecular weight excluding hydrogens is 429 g/mol. The van der Waals surface area contributed by atoms with Crippen LogP contribution >= 0.6 is 24.0 Å². The van der Waals surface area contributed by atoms with Gasteiger partial charge in [-0.25, -0.2) is 4.99 Å². The zero-order valence-electron chi connectivity index (χ0n) is 13.9. The van der Waals surface area contributed by atoms with Crippen LogP contribution in [0.1, 0.15) is 34.7 Å². The summed E-state index contributed by atoms with van der Waals surface area (Å²) in [5.41, 5.74) is 10.9. The van der Waals surface area contributed by atoms with E-state index in [-0.39, 0.29) is 30.0 Å². The van der Waals surface area contributed by atoms with E-state index in [1.807, 2.05) is 18.2 Å². The SMILES string of the molecule is I.NC(=NCc1ccc2c(c1)COC2)NC1CCOc2ccccc21. The molecule has 5 nitrogen and oxygen atoms in total. The van der Waals surface area contributed by atoms with E-state index in [0.717, 1.165) is 23.3 Å². The van der Waals surface area contributed by atoms with Gasteiger partial charge in [0.2, 0.25) is 0 Å². The molecule has 2 aromatic rings. The third-order valence-corrected chi connectivity index (χ3v) is 4.50. The lowest BCUT2D eigenvalue weighted by Crippen LogP contribution is -2.37. The Morgan fingerprint density at radius 1 is 1.16 bits per heavy atom. The van der Waals surface area contributed by atoms with Crippen molar-refractivity contribution in [2.75, 3.05) is 6.61 Å². The molecule has 3 N–H and O–H groups in total. The molecule has 0 saturated heterocycles. The number of para-hydroxylation sites is 1. The van der Waals surface area contributed by atoms with Crippen LogP contribution in [-0.2, 0) is 24.5 Å². The second kappa shape index (κ2) is 8.05. The summed E-state index contributed by atoms with van der Waals surface area (Å²) in [5.74, 6) is 1.39. The summed E-state index contributed by atoms with van der Waals surface area (Å²) in [4.78, 5) is 4.49. The van der Waals surface area contributed by atoms with Gasteiger partial charge in [0.15, 0.2) is 5.96 Å². The summed E-state index contributed by atoms with van der Waals surface area (Å²) in [6.45, 7) is 2.66. The molecule has 0 aromatic heterocycles. The minimum Gasteiger partial charge on any atom is -0.493 e. The number of ether oxygens (including phenoxy) is 2. The van der Waals surface area contributed by atoms with Crippen molar-refractivity contribution in [2.45, 2.75) is 32.2 Å². The van der Waals surface area contributed by atoms with Crippen LogP contribution in [0.25, 0.3) is 0 Å². The molecule has 132 valence electrons. The first-order valence-electron chi connectivity index (χ1n) is 8.26. The average molecular weight is 451 g/mol. The summed E-state index contributed by atoms with van der Waals surface area (Å²) in [5, 5.41) is 3.32. The molecule has 25 heavy (non-hydrogen) atoms. The Bertz CT molecular complexity index is 779. The number of fused-ring (bicyclic) bond motifs is 2. The molecule has 0 aliphatic carbocycles. The number of hydrogen-bond donors (Lipinski definition) is 2. The lowest BCUT2D eigenvalue weighted by molar-refractivity contribution is 0.134. The average Bonchev–Trinajstić information content (AvgIpc) is 3.08. The zero-order chi connectivity index (χ0) is 16.4. The van der Waals surface area contributed by atoms with E-state index in [0.29, 0.717) is 32.3 Å². The highest BCUT2D eigenvalue weighted by Gasteiger charge is 2.21. The fourth-order valence-electron chi connectivity index (χ4n) is 3.22. The molecule has 0 fully saturated rings. The Labute approximate surface area is 164 Å². The number of nitrogens with two attached hydrogens (primary N) is 1. The van der Waals surface area contributed by atoms with Crippen LogP contribution in [0, 0.1) is 0 Å². The predicted octanol–water partition coefficient (Wildman–Crippen LogP) is 3.26. The number of nitrogens with one attached hydrogen (secondary N) is 1. The molecule has 2 aromatic carbocycles. The number of hydrogen-bond acceptors (Lipinski definition) is 3. The molecule has 4 rings (SSSR count). The van der Waals surface area contributed by atoms with Crippen LogP contribution in [0.2, 0.25) is 0 Å². The van der Waals surface area contributed by atoms with E-state index in [1.54, 1.807) is 0 Å². The number of nitrogens with zero attached hydrogens (tertiary/aromatic N) is 1. The van der Waals surface area contributed by atoms with E-state index in [2.05, 4.69) is 34.6 Å². The Morgan fingerprint density at radius 2 is 2.00 bits per heavy atom. The van der Waals surface area contributed by atoms with Gasteiger partial charge in [-0.15, -0.1) is 24.0 Å². The fourth-order valence-corrected chi connectivity index (χ4v) is 3.22. The monoisotopic (exact) mass is 451 g/mol. The van der Waals surface area contributed by atoms with Crippen molar-refractivity contribution < 1.29 is 9.47 Å². The van der Waals surface area contributed by atoms with Gasteiger partial charge in [-0.3, -0.25) is 0 Å². The van der Waals surface area contributed by atoms with Gasteiger partial charge >= 0.3 is 0 Å². The molecule has 0 radical (unpaired) electrons. The largest absolute Gasteiger partial charge is 0.493 e. The van der Waals surface area contributed by atoms with Gasteiger partial charge in [0.1, 0.15) is 5.75 Å². The maximum Gasteiger partial charge on any atom is 0.189 e. The van der Waals surface area contributed by atoms with Crippen molar-refractivity contribution in [3.63, 3.8) is 0 Å². The summed E-state index contributed by atoms with van der Waals surface area (Å²) >= 11 is 0. The van der Waals surface area contributed by atoms with Crippen LogP contribution in [0.15, 0.2) is 47.5 Å². The summed E-state index contributed by atoms with van der Waals surface area (Å²) < 4.78 is 11.1. The Kier molecular flexibility index (Phi) is 5.80. The maximum atomic E-state index is 6.10. The fraction of sp³-hybridized carbons (Fsp3) is 0.316. The van der Waals surface area contributed by atoms with Crippen LogP contribution < -0.4 is 15.8 Å². The minimum atomic E-state index is 0. The van der Waals surface area contributed by atoms with Crippen molar-refractivity contribution in [1.82, 2.24) is 5.32 Å². The van der Waals surface area contributed by atoms with Gasteiger partial charge in [0, 0.05) is 12.0 Å². The Balaban J connectivity index is 0.00000182. The van der Waals surface area contributed by atoms with E-state index >= 15 is 0 Å². The highest BCUT2D eigenvalue weighted by Crippen LogP contribution is 2.31. The van der Waals surface area contributed by atoms with Crippen LogP contribution in [0.3, 0.4) is 0 Å². The minimum absolute atomic E-state index is 0. The maximum absolute atomic E-state index is 6.10. The molecule has 1 atom stereocenters. The molecule has 0 bridgehead atoms. The van der Waals surface area contributed by atoms with Gasteiger partial charge in [-0.1, -0.05) is 36.4 Å². The highest BCUT2D eigenvalue weighted by molar-refractivity contribution is 14.0. The number of guanidine groups is 1. The van der Waals surface area contributed by atoms with Crippen LogP contribution in [0.4, 0.5) is 0 Å². The topological polar surface area (TPSA) is 68.9 Å². The molecule has 0 saturated carbocycles. The lowest BCUT2D eigenvalue weighted by Gasteiger charge is -2.26. The second-order valence-electron chi connectivity index (χ2n) is 6.17. The van der Waals surface area contributed by atoms with E-state index < -0.39 is 0 Å². The normalized spacial score (nSPS) is 18.6. The smallest absolute Gasteiger partial charge is 0.189 e. The second-order valence-corrected chi connectivity index (χ2v) is 6.17. The summed E-state index contributed by atoms with van der Waals surface area (Å²) in [6.07, 6.45) is 0.878. The third kappa shape index (κ3) is 4.07. The molecular formula is C19H22IN3O2. The van der Waals surface area contributed by atoms with E-state index in [4.69, 9.17) is 15.2 Å². The first kappa shape index (κ1) is 18.0. The molecule has 2 aliphatic heterocycles. The van der Waals surface area contributed by atoms with Crippen molar-refractivity contribution in [1.29, 1.82) is 0 Å². The van der Waals surface area contributed by atoms with Crippen LogP contribution in [-0.4, -0.2) is 12.6 Å². The molecule has 0 spiro atoms. The Morgan fingerprint density at radius 3 is 2.92 bits per heavy atom. The quantitative estimate of drug-likeness (QED) is 0.427. The van der Waals surface area contributed by atoms with Crippen LogP contribution in [0.5, 0.6) is 5.75 Å². The number of aliphatic imine (C=N–C) groups is 1. The van der Waals surface area contributed by atoms with Gasteiger partial charge in [-0.2, -0.15) is 0 Å².